The molecule has 9 nitrogen and oxygen atoms in total. The minimum atomic E-state index is -0.624. The highest BCUT2D eigenvalue weighted by Crippen LogP contribution is 2.36. The summed E-state index contributed by atoms with van der Waals surface area (Å²) in [5.41, 5.74) is 4.04. The number of carbonyl (C=O) groups is 1. The van der Waals surface area contributed by atoms with Crippen LogP contribution in [0.3, 0.4) is 0 Å². The van der Waals surface area contributed by atoms with Crippen molar-refractivity contribution in [1.82, 2.24) is 5.43 Å². The van der Waals surface area contributed by atoms with E-state index < -0.39 is 10.8 Å². The van der Waals surface area contributed by atoms with Gasteiger partial charge in [0, 0.05) is 22.5 Å². The number of nitrogens with zero attached hydrogens (tertiary/aromatic N) is 2. The van der Waals surface area contributed by atoms with Crippen LogP contribution >= 0.6 is 23.2 Å². The second-order valence-electron chi connectivity index (χ2n) is 7.24. The quantitative estimate of drug-likeness (QED) is 0.175. The number of amides is 1. The molecule has 178 valence electrons. The van der Waals surface area contributed by atoms with Gasteiger partial charge in [0.1, 0.15) is 12.2 Å². The standard InChI is InChI=1S/C24H17Cl2N3O6/c1-33-21-9-15(8-19(26)23(21)34-13-14-2-4-17(25)5-3-14)12-27-28-24(30)22-11-16-10-18(29(31)32)6-7-20(16)35-22/h2-12H,13H2,1H3,(H,28,30)/b27-12-. The molecule has 4 rings (SSSR count). The zero-order chi connectivity index (χ0) is 24.9. The first-order chi connectivity index (χ1) is 16.8. The van der Waals surface area contributed by atoms with Gasteiger partial charge in [0.2, 0.25) is 0 Å². The first kappa shape index (κ1) is 24.1. The van der Waals surface area contributed by atoms with Gasteiger partial charge < -0.3 is 13.9 Å². The van der Waals surface area contributed by atoms with Crippen molar-refractivity contribution in [3.63, 3.8) is 0 Å². The Balaban J connectivity index is 1.44. The third-order valence-corrected chi connectivity index (χ3v) is 5.40. The average Bonchev–Trinajstić information content (AvgIpc) is 3.27. The van der Waals surface area contributed by atoms with Crippen molar-refractivity contribution in [2.45, 2.75) is 6.61 Å². The Morgan fingerprint density at radius 2 is 1.91 bits per heavy atom. The maximum atomic E-state index is 12.4. The Hall–Kier alpha value is -4.08. The van der Waals surface area contributed by atoms with Gasteiger partial charge in [0.15, 0.2) is 17.3 Å². The van der Waals surface area contributed by atoms with E-state index in [4.69, 9.17) is 37.1 Å². The second-order valence-corrected chi connectivity index (χ2v) is 8.08. The number of furan rings is 1. The lowest BCUT2D eigenvalue weighted by Gasteiger charge is -2.13. The number of nitrogens with one attached hydrogen (secondary N) is 1. The van der Waals surface area contributed by atoms with E-state index in [1.54, 1.807) is 24.3 Å². The van der Waals surface area contributed by atoms with Crippen molar-refractivity contribution in [2.75, 3.05) is 7.11 Å². The van der Waals surface area contributed by atoms with Crippen LogP contribution in [-0.2, 0) is 6.61 Å². The number of hydrogen-bond acceptors (Lipinski definition) is 7. The molecule has 4 aromatic rings. The van der Waals surface area contributed by atoms with Crippen molar-refractivity contribution < 1.29 is 23.6 Å². The number of nitro benzene ring substituents is 1. The summed E-state index contributed by atoms with van der Waals surface area (Å²) in [6.45, 7) is 0.261. The number of fused-ring (bicyclic) bond motifs is 1. The van der Waals surface area contributed by atoms with Gasteiger partial charge >= 0.3 is 5.91 Å². The summed E-state index contributed by atoms with van der Waals surface area (Å²) < 4.78 is 16.6. The summed E-state index contributed by atoms with van der Waals surface area (Å²) >= 11 is 12.3. The van der Waals surface area contributed by atoms with Gasteiger partial charge in [-0.15, -0.1) is 0 Å². The third kappa shape index (κ3) is 5.71. The molecule has 0 atom stereocenters. The Kier molecular flexibility index (Phi) is 7.19. The number of rotatable bonds is 8. The van der Waals surface area contributed by atoms with Crippen molar-refractivity contribution in [1.29, 1.82) is 0 Å². The van der Waals surface area contributed by atoms with Crippen LogP contribution in [0.2, 0.25) is 10.0 Å². The highest BCUT2D eigenvalue weighted by atomic mass is 35.5. The molecular weight excluding hydrogens is 497 g/mol. The maximum Gasteiger partial charge on any atom is 0.307 e. The lowest BCUT2D eigenvalue weighted by molar-refractivity contribution is -0.384. The van der Waals surface area contributed by atoms with Crippen LogP contribution in [0.4, 0.5) is 5.69 Å². The summed E-state index contributed by atoms with van der Waals surface area (Å²) in [6.07, 6.45) is 1.38. The molecule has 1 amide bonds. The fourth-order valence-corrected chi connectivity index (χ4v) is 3.57. The van der Waals surface area contributed by atoms with Gasteiger partial charge in [0.05, 0.1) is 23.3 Å². The molecule has 1 aromatic heterocycles. The molecule has 0 aliphatic rings. The van der Waals surface area contributed by atoms with E-state index in [1.165, 1.54) is 37.6 Å². The van der Waals surface area contributed by atoms with Crippen molar-refractivity contribution in [3.05, 3.63) is 97.7 Å². The SMILES string of the molecule is COc1cc(/C=N\NC(=O)c2cc3cc([N+](=O)[O-])ccc3o2)cc(Cl)c1OCc1ccc(Cl)cc1. The molecule has 0 aliphatic heterocycles. The van der Waals surface area contributed by atoms with Crippen LogP contribution in [0.15, 0.2) is 70.2 Å². The molecule has 3 aromatic carbocycles. The van der Waals surface area contributed by atoms with Crippen LogP contribution < -0.4 is 14.9 Å². The Labute approximate surface area is 209 Å². The van der Waals surface area contributed by atoms with E-state index in [0.29, 0.717) is 38.1 Å². The van der Waals surface area contributed by atoms with Crippen molar-refractivity contribution in [3.8, 4) is 11.5 Å². The molecule has 11 heteroatoms. The second kappa shape index (κ2) is 10.5. The molecule has 35 heavy (non-hydrogen) atoms. The first-order valence-electron chi connectivity index (χ1n) is 10.1. The lowest BCUT2D eigenvalue weighted by atomic mass is 10.2. The molecule has 1 heterocycles. The Bertz CT molecular complexity index is 1430. The van der Waals surface area contributed by atoms with Crippen LogP contribution in [0, 0.1) is 10.1 Å². The van der Waals surface area contributed by atoms with Gasteiger partial charge in [-0.1, -0.05) is 35.3 Å². The summed E-state index contributed by atoms with van der Waals surface area (Å²) in [6, 6.07) is 15.9. The number of methoxy groups -OCH3 is 1. The zero-order valence-corrected chi connectivity index (χ0v) is 19.7. The number of hydrazone groups is 1. The number of hydrogen-bond donors (Lipinski definition) is 1. The fraction of sp³-hybridized carbons (Fsp3) is 0.0833. The molecule has 0 aliphatic carbocycles. The monoisotopic (exact) mass is 513 g/mol. The smallest absolute Gasteiger partial charge is 0.307 e. The highest BCUT2D eigenvalue weighted by molar-refractivity contribution is 6.32. The van der Waals surface area contributed by atoms with Gasteiger partial charge in [-0.3, -0.25) is 14.9 Å². The normalized spacial score (nSPS) is 11.1. The van der Waals surface area contributed by atoms with Crippen molar-refractivity contribution >= 4 is 52.0 Å². The van der Waals surface area contributed by atoms with Crippen LogP contribution in [0.5, 0.6) is 11.5 Å². The number of benzene rings is 3. The van der Waals surface area contributed by atoms with E-state index in [-0.39, 0.29) is 18.1 Å². The Morgan fingerprint density at radius 1 is 1.14 bits per heavy atom. The van der Waals surface area contributed by atoms with E-state index in [0.717, 1.165) is 5.56 Å². The van der Waals surface area contributed by atoms with Crippen LogP contribution in [-0.4, -0.2) is 24.2 Å². The fourth-order valence-electron chi connectivity index (χ4n) is 3.17. The van der Waals surface area contributed by atoms with Crippen LogP contribution in [0.1, 0.15) is 21.7 Å². The van der Waals surface area contributed by atoms with Gasteiger partial charge in [-0.2, -0.15) is 5.10 Å². The topological polar surface area (TPSA) is 116 Å². The molecular formula is C24H17Cl2N3O6. The van der Waals surface area contributed by atoms with Crippen LogP contribution in [0.25, 0.3) is 11.0 Å². The minimum Gasteiger partial charge on any atom is -0.493 e. The molecule has 0 radical (unpaired) electrons. The maximum absolute atomic E-state index is 12.4. The average molecular weight is 514 g/mol. The third-order valence-electron chi connectivity index (χ3n) is 4.86. The van der Waals surface area contributed by atoms with E-state index in [2.05, 4.69) is 10.5 Å². The highest BCUT2D eigenvalue weighted by Gasteiger charge is 2.15. The summed E-state index contributed by atoms with van der Waals surface area (Å²) in [4.78, 5) is 22.8. The van der Waals surface area contributed by atoms with Gasteiger partial charge in [0.25, 0.3) is 5.69 Å². The largest absolute Gasteiger partial charge is 0.493 e. The predicted octanol–water partition coefficient (Wildman–Crippen LogP) is 6.00. The van der Waals surface area contributed by atoms with E-state index >= 15 is 0 Å². The number of halogens is 2. The molecule has 0 spiro atoms. The molecule has 1 N–H and O–H groups in total. The number of non-ortho nitro benzene ring substituents is 1. The number of nitro groups is 1. The molecule has 0 saturated carbocycles. The predicted molar refractivity (Wildman–Crippen MR) is 132 cm³/mol. The Morgan fingerprint density at radius 3 is 2.63 bits per heavy atom. The summed E-state index contributed by atoms with van der Waals surface area (Å²) in [7, 11) is 1.48. The summed E-state index contributed by atoms with van der Waals surface area (Å²) in [5, 5.41) is 16.2. The molecule has 0 saturated heterocycles. The molecule has 0 fully saturated rings. The molecule has 0 bridgehead atoms. The lowest BCUT2D eigenvalue weighted by Crippen LogP contribution is -2.16. The van der Waals surface area contributed by atoms with Gasteiger partial charge in [-0.25, -0.2) is 5.43 Å². The first-order valence-corrected chi connectivity index (χ1v) is 10.9. The van der Waals surface area contributed by atoms with E-state index in [1.807, 2.05) is 12.1 Å². The van der Waals surface area contributed by atoms with E-state index in [9.17, 15) is 14.9 Å². The summed E-state index contributed by atoms with van der Waals surface area (Å²) in [5.74, 6) is 0.0834. The molecule has 0 unspecified atom stereocenters. The number of carbonyl (C=O) groups excluding carboxylic acids is 1. The minimum absolute atomic E-state index is 0.0424. The zero-order valence-electron chi connectivity index (χ0n) is 18.2. The van der Waals surface area contributed by atoms with Gasteiger partial charge in [-0.05, 0) is 47.5 Å². The number of ether oxygens (including phenoxy) is 2. The van der Waals surface area contributed by atoms with Crippen molar-refractivity contribution in [2.24, 2.45) is 5.10 Å².